The number of methoxy groups -OCH3 is 1. The molecule has 2 heterocycles. The maximum Gasteiger partial charge on any atom is 0.221 e. The monoisotopic (exact) mass is 380 g/mol. The lowest BCUT2D eigenvalue weighted by atomic mass is 10.0. The van der Waals surface area contributed by atoms with Crippen LogP contribution < -0.4 is 10.5 Å². The fourth-order valence-corrected chi connectivity index (χ4v) is 3.85. The Labute approximate surface area is 168 Å². The van der Waals surface area contributed by atoms with Gasteiger partial charge in [0.15, 0.2) is 0 Å². The molecular formula is C24H20N4O. The van der Waals surface area contributed by atoms with Gasteiger partial charge < -0.3 is 15.0 Å². The maximum absolute atomic E-state index is 6.05. The summed E-state index contributed by atoms with van der Waals surface area (Å²) >= 11 is 0. The minimum absolute atomic E-state index is 0.256. The molecular weight excluding hydrogens is 360 g/mol. The Balaban J connectivity index is 1.66. The van der Waals surface area contributed by atoms with Gasteiger partial charge in [0.1, 0.15) is 5.75 Å². The number of benzene rings is 3. The van der Waals surface area contributed by atoms with Gasteiger partial charge >= 0.3 is 0 Å². The van der Waals surface area contributed by atoms with Crippen molar-refractivity contribution < 1.29 is 4.74 Å². The summed E-state index contributed by atoms with van der Waals surface area (Å²) < 4.78 is 7.45. The average Bonchev–Trinajstić information content (AvgIpc) is 3.05. The molecule has 5 heteroatoms. The van der Waals surface area contributed by atoms with Gasteiger partial charge in [-0.3, -0.25) is 0 Å². The van der Waals surface area contributed by atoms with Gasteiger partial charge in [-0.05, 0) is 48.5 Å². The van der Waals surface area contributed by atoms with Crippen molar-refractivity contribution in [3.63, 3.8) is 0 Å². The molecule has 2 aromatic heterocycles. The van der Waals surface area contributed by atoms with Crippen molar-refractivity contribution in [3.8, 4) is 28.3 Å². The molecule has 0 atom stereocenters. The van der Waals surface area contributed by atoms with Crippen LogP contribution in [0.1, 0.15) is 0 Å². The number of nitrogens with zero attached hydrogens (tertiary/aromatic N) is 3. The Morgan fingerprint density at radius 2 is 1.41 bits per heavy atom. The highest BCUT2D eigenvalue weighted by molar-refractivity contribution is 6.09. The fourth-order valence-electron chi connectivity index (χ4n) is 3.85. The number of nitrogen functional groups attached to an aromatic ring is 1. The van der Waals surface area contributed by atoms with Gasteiger partial charge in [-0.25, -0.2) is 9.97 Å². The molecule has 29 heavy (non-hydrogen) atoms. The SMILES string of the molecule is COc1ccc(-c2cc(-c3ccc4c(c3)c3ccccc3n4C)nc(N)n2)cc1. The Morgan fingerprint density at radius 3 is 2.17 bits per heavy atom. The van der Waals surface area contributed by atoms with Gasteiger partial charge in [-0.15, -0.1) is 0 Å². The molecule has 0 saturated carbocycles. The molecule has 5 nitrogen and oxygen atoms in total. The van der Waals surface area contributed by atoms with Crippen LogP contribution in [0.4, 0.5) is 5.95 Å². The smallest absolute Gasteiger partial charge is 0.221 e. The molecule has 0 spiro atoms. The number of aryl methyl sites for hydroxylation is 1. The topological polar surface area (TPSA) is 66.0 Å². The van der Waals surface area contributed by atoms with Crippen molar-refractivity contribution in [3.05, 3.63) is 72.8 Å². The Morgan fingerprint density at radius 1 is 0.759 bits per heavy atom. The number of hydrogen-bond donors (Lipinski definition) is 1. The van der Waals surface area contributed by atoms with E-state index in [1.54, 1.807) is 7.11 Å². The minimum Gasteiger partial charge on any atom is -0.497 e. The summed E-state index contributed by atoms with van der Waals surface area (Å²) in [6, 6.07) is 24.6. The highest BCUT2D eigenvalue weighted by Crippen LogP contribution is 2.32. The molecule has 3 aromatic carbocycles. The number of ether oxygens (including phenoxy) is 1. The number of aromatic nitrogens is 3. The Bertz CT molecular complexity index is 1350. The molecule has 0 amide bonds. The average molecular weight is 380 g/mol. The summed E-state index contributed by atoms with van der Waals surface area (Å²) in [7, 11) is 3.74. The summed E-state index contributed by atoms with van der Waals surface area (Å²) in [5.41, 5.74) is 12.0. The predicted octanol–water partition coefficient (Wildman–Crippen LogP) is 5.05. The number of nitrogens with two attached hydrogens (primary N) is 1. The van der Waals surface area contributed by atoms with E-state index < -0.39 is 0 Å². The van der Waals surface area contributed by atoms with Gasteiger partial charge in [0.25, 0.3) is 0 Å². The van der Waals surface area contributed by atoms with Gasteiger partial charge in [-0.1, -0.05) is 24.3 Å². The Kier molecular flexibility index (Phi) is 3.95. The van der Waals surface area contributed by atoms with Crippen molar-refractivity contribution >= 4 is 27.8 Å². The van der Waals surface area contributed by atoms with Gasteiger partial charge in [0.2, 0.25) is 5.95 Å². The molecule has 0 saturated heterocycles. The van der Waals surface area contributed by atoms with Gasteiger partial charge in [-0.2, -0.15) is 0 Å². The molecule has 0 fully saturated rings. The van der Waals surface area contributed by atoms with Crippen molar-refractivity contribution in [2.45, 2.75) is 0 Å². The number of anilines is 1. The zero-order valence-corrected chi connectivity index (χ0v) is 16.3. The first-order valence-corrected chi connectivity index (χ1v) is 9.40. The second kappa shape index (κ2) is 6.63. The molecule has 0 aliphatic rings. The second-order valence-corrected chi connectivity index (χ2v) is 7.03. The van der Waals surface area contributed by atoms with Crippen LogP contribution in [0.5, 0.6) is 5.75 Å². The molecule has 2 N–H and O–H groups in total. The van der Waals surface area contributed by atoms with Crippen LogP contribution in [-0.2, 0) is 7.05 Å². The third-order valence-electron chi connectivity index (χ3n) is 5.34. The normalized spacial score (nSPS) is 11.2. The van der Waals surface area contributed by atoms with E-state index in [-0.39, 0.29) is 5.95 Å². The van der Waals surface area contributed by atoms with E-state index in [2.05, 4.69) is 64.0 Å². The summed E-state index contributed by atoms with van der Waals surface area (Å²) in [6.45, 7) is 0. The van der Waals surface area contributed by atoms with Crippen molar-refractivity contribution in [1.82, 2.24) is 14.5 Å². The number of rotatable bonds is 3. The molecule has 0 unspecified atom stereocenters. The summed E-state index contributed by atoms with van der Waals surface area (Å²) in [5, 5.41) is 2.42. The first kappa shape index (κ1) is 17.3. The number of hydrogen-bond acceptors (Lipinski definition) is 4. The molecule has 0 aliphatic heterocycles. The van der Waals surface area contributed by atoms with Crippen molar-refractivity contribution in [2.24, 2.45) is 7.05 Å². The minimum atomic E-state index is 0.256. The van der Waals surface area contributed by atoms with E-state index in [1.165, 1.54) is 21.8 Å². The molecule has 5 rings (SSSR count). The first-order chi connectivity index (χ1) is 14.1. The van der Waals surface area contributed by atoms with Crippen LogP contribution in [0.3, 0.4) is 0 Å². The standard InChI is InChI=1S/C24H20N4O/c1-28-22-6-4-3-5-18(22)19-13-16(9-12-23(19)28)21-14-20(26-24(25)27-21)15-7-10-17(29-2)11-8-15/h3-14H,1-2H3,(H2,25,26,27). The van der Waals surface area contributed by atoms with E-state index in [9.17, 15) is 0 Å². The fraction of sp³-hybridized carbons (Fsp3) is 0.0833. The van der Waals surface area contributed by atoms with Crippen LogP contribution in [-0.4, -0.2) is 21.6 Å². The largest absolute Gasteiger partial charge is 0.497 e. The molecule has 0 radical (unpaired) electrons. The van der Waals surface area contributed by atoms with Crippen LogP contribution in [0.15, 0.2) is 72.8 Å². The van der Waals surface area contributed by atoms with Gasteiger partial charge in [0.05, 0.1) is 18.5 Å². The summed E-state index contributed by atoms with van der Waals surface area (Å²) in [5.74, 6) is 1.06. The second-order valence-electron chi connectivity index (χ2n) is 7.03. The lowest BCUT2D eigenvalue weighted by Crippen LogP contribution is -1.98. The van der Waals surface area contributed by atoms with Crippen LogP contribution in [0.25, 0.3) is 44.3 Å². The van der Waals surface area contributed by atoms with E-state index in [0.717, 1.165) is 28.3 Å². The predicted molar refractivity (Wildman–Crippen MR) is 118 cm³/mol. The molecule has 5 aromatic rings. The van der Waals surface area contributed by atoms with Crippen molar-refractivity contribution in [2.75, 3.05) is 12.8 Å². The number of para-hydroxylation sites is 1. The quantitative estimate of drug-likeness (QED) is 0.476. The van der Waals surface area contributed by atoms with Crippen LogP contribution in [0, 0.1) is 0 Å². The van der Waals surface area contributed by atoms with Gasteiger partial charge in [0, 0.05) is 40.0 Å². The highest BCUT2D eigenvalue weighted by Gasteiger charge is 2.12. The lowest BCUT2D eigenvalue weighted by molar-refractivity contribution is 0.415. The zero-order valence-electron chi connectivity index (χ0n) is 16.3. The third kappa shape index (κ3) is 2.88. The van der Waals surface area contributed by atoms with E-state index >= 15 is 0 Å². The summed E-state index contributed by atoms with van der Waals surface area (Å²) in [4.78, 5) is 8.92. The van der Waals surface area contributed by atoms with E-state index in [4.69, 9.17) is 10.5 Å². The maximum atomic E-state index is 6.05. The third-order valence-corrected chi connectivity index (χ3v) is 5.34. The molecule has 142 valence electrons. The van der Waals surface area contributed by atoms with E-state index in [0.29, 0.717) is 0 Å². The van der Waals surface area contributed by atoms with Crippen LogP contribution >= 0.6 is 0 Å². The molecule has 0 aliphatic carbocycles. The van der Waals surface area contributed by atoms with Crippen molar-refractivity contribution in [1.29, 1.82) is 0 Å². The highest BCUT2D eigenvalue weighted by atomic mass is 16.5. The van der Waals surface area contributed by atoms with Crippen LogP contribution in [0.2, 0.25) is 0 Å². The zero-order chi connectivity index (χ0) is 20.0. The molecule has 0 bridgehead atoms. The van der Waals surface area contributed by atoms with E-state index in [1.807, 2.05) is 30.3 Å². The Hall–Kier alpha value is -3.86. The number of fused-ring (bicyclic) bond motifs is 3. The first-order valence-electron chi connectivity index (χ1n) is 9.40. The summed E-state index contributed by atoms with van der Waals surface area (Å²) in [6.07, 6.45) is 0. The lowest BCUT2D eigenvalue weighted by Gasteiger charge is -2.08.